The maximum absolute atomic E-state index is 13.7. The maximum atomic E-state index is 13.7. The highest BCUT2D eigenvalue weighted by molar-refractivity contribution is 7.89. The molecule has 1 saturated heterocycles. The third-order valence-electron chi connectivity index (χ3n) is 7.76. The first-order valence-electron chi connectivity index (χ1n) is 13.8. The Morgan fingerprint density at radius 1 is 0.850 bits per heavy atom. The van der Waals surface area contributed by atoms with Gasteiger partial charge in [0.1, 0.15) is 5.82 Å². The van der Waals surface area contributed by atoms with E-state index in [2.05, 4.69) is 15.2 Å². The topological polar surface area (TPSA) is 122 Å². The number of nitrogens with zero attached hydrogens (tertiary/aromatic N) is 7. The number of carbonyl (C=O) groups is 2. The lowest BCUT2D eigenvalue weighted by atomic mass is 9.97. The molecule has 4 heterocycles. The van der Waals surface area contributed by atoms with Crippen LogP contribution in [0.1, 0.15) is 32.0 Å². The molecule has 212 valence electrons. The van der Waals surface area contributed by atoms with Crippen molar-refractivity contribution in [2.45, 2.75) is 44.0 Å². The molecule has 2 aliphatic rings. The Bertz CT molecular complexity index is 1420. The minimum absolute atomic E-state index is 0.0184. The van der Waals surface area contributed by atoms with E-state index < -0.39 is 10.0 Å². The third kappa shape index (κ3) is 6.07. The Morgan fingerprint density at radius 2 is 1.60 bits per heavy atom. The fourth-order valence-electron chi connectivity index (χ4n) is 5.47. The molecule has 1 atom stereocenters. The normalized spacial score (nSPS) is 19.5. The summed E-state index contributed by atoms with van der Waals surface area (Å²) in [5.41, 5.74) is 0.813. The Morgan fingerprint density at radius 3 is 2.30 bits per heavy atom. The van der Waals surface area contributed by atoms with Crippen molar-refractivity contribution in [2.75, 3.05) is 39.3 Å². The summed E-state index contributed by atoms with van der Waals surface area (Å²) in [7, 11) is -3.73. The van der Waals surface area contributed by atoms with Crippen molar-refractivity contribution in [3.8, 4) is 11.4 Å². The highest BCUT2D eigenvalue weighted by Crippen LogP contribution is 2.25. The summed E-state index contributed by atoms with van der Waals surface area (Å²) in [6.07, 6.45) is 5.52. The van der Waals surface area contributed by atoms with Gasteiger partial charge in [0.15, 0.2) is 5.82 Å². The number of fused-ring (bicyclic) bond motifs is 1. The number of piperazine rings is 1. The van der Waals surface area contributed by atoms with Gasteiger partial charge in [-0.1, -0.05) is 18.2 Å². The van der Waals surface area contributed by atoms with E-state index in [0.717, 1.165) is 5.56 Å². The standard InChI is InChI=1S/C28H35N7O4S/c1-22(36)32-17-19-33(20-18-32)28(37)23-8-6-14-34(40(38,39)25-9-3-2-4-10-25)15-12-26-30-31-27(35(26)16-11-23)24-7-5-13-29-21-24/h2-5,7,9-10,13,21,23H,6,8,11-12,14-20H2,1H3. The van der Waals surface area contributed by atoms with Crippen LogP contribution in [-0.2, 0) is 32.6 Å². The lowest BCUT2D eigenvalue weighted by molar-refractivity contribution is -0.141. The van der Waals surface area contributed by atoms with Crippen LogP contribution in [0.5, 0.6) is 0 Å². The average Bonchev–Trinajstić information content (AvgIpc) is 3.37. The molecular formula is C28H35N7O4S. The number of pyridine rings is 1. The first kappa shape index (κ1) is 27.9. The van der Waals surface area contributed by atoms with Crippen LogP contribution in [0.4, 0.5) is 0 Å². The quantitative estimate of drug-likeness (QED) is 0.475. The summed E-state index contributed by atoms with van der Waals surface area (Å²) < 4.78 is 30.7. The van der Waals surface area contributed by atoms with E-state index >= 15 is 0 Å². The van der Waals surface area contributed by atoms with E-state index in [-0.39, 0.29) is 29.2 Å². The fraction of sp³-hybridized carbons (Fsp3) is 0.464. The van der Waals surface area contributed by atoms with Crippen LogP contribution in [0.3, 0.4) is 0 Å². The first-order chi connectivity index (χ1) is 19.3. The zero-order chi connectivity index (χ0) is 28.1. The van der Waals surface area contributed by atoms with Crippen LogP contribution < -0.4 is 0 Å². The van der Waals surface area contributed by atoms with Gasteiger partial charge in [0.2, 0.25) is 21.8 Å². The highest BCUT2D eigenvalue weighted by Gasteiger charge is 2.31. The predicted octanol–water partition coefficient (Wildman–Crippen LogP) is 2.06. The van der Waals surface area contributed by atoms with Crippen LogP contribution >= 0.6 is 0 Å². The lowest BCUT2D eigenvalue weighted by Gasteiger charge is -2.36. The van der Waals surface area contributed by atoms with Crippen LogP contribution in [0, 0.1) is 5.92 Å². The number of benzene rings is 1. The molecule has 11 nitrogen and oxygen atoms in total. The summed E-state index contributed by atoms with van der Waals surface area (Å²) in [5.74, 6) is 1.11. The van der Waals surface area contributed by atoms with E-state index in [9.17, 15) is 18.0 Å². The van der Waals surface area contributed by atoms with Gasteiger partial charge in [0.25, 0.3) is 0 Å². The van der Waals surface area contributed by atoms with Gasteiger partial charge >= 0.3 is 0 Å². The van der Waals surface area contributed by atoms with Gasteiger partial charge in [-0.2, -0.15) is 4.31 Å². The Labute approximate surface area is 234 Å². The van der Waals surface area contributed by atoms with E-state index in [0.29, 0.717) is 76.6 Å². The van der Waals surface area contributed by atoms with Gasteiger partial charge in [-0.3, -0.25) is 14.6 Å². The van der Waals surface area contributed by atoms with Gasteiger partial charge in [0.05, 0.1) is 4.90 Å². The van der Waals surface area contributed by atoms with Crippen molar-refractivity contribution in [3.63, 3.8) is 0 Å². The van der Waals surface area contributed by atoms with Gasteiger partial charge < -0.3 is 14.4 Å². The maximum Gasteiger partial charge on any atom is 0.243 e. The molecule has 2 aromatic heterocycles. The molecule has 12 heteroatoms. The second-order valence-electron chi connectivity index (χ2n) is 10.3. The van der Waals surface area contributed by atoms with E-state index in [1.165, 1.54) is 4.31 Å². The second kappa shape index (κ2) is 12.3. The van der Waals surface area contributed by atoms with Crippen molar-refractivity contribution in [3.05, 3.63) is 60.7 Å². The smallest absolute Gasteiger partial charge is 0.243 e. The van der Waals surface area contributed by atoms with Crippen molar-refractivity contribution < 1.29 is 18.0 Å². The van der Waals surface area contributed by atoms with E-state index in [1.54, 1.807) is 54.5 Å². The molecule has 2 aliphatic heterocycles. The summed E-state index contributed by atoms with van der Waals surface area (Å²) in [6, 6.07) is 12.2. The number of sulfonamides is 1. The number of rotatable bonds is 4. The fourth-order valence-corrected chi connectivity index (χ4v) is 6.97. The summed E-state index contributed by atoms with van der Waals surface area (Å²) in [5, 5.41) is 8.88. The Kier molecular flexibility index (Phi) is 8.55. The SMILES string of the molecule is CC(=O)N1CCN(C(=O)C2CCCN(S(=O)(=O)c3ccccc3)CCc3nnc(-c4cccnc4)n3CC2)CC1. The average molecular weight is 566 g/mol. The van der Waals surface area contributed by atoms with Crippen molar-refractivity contribution in [1.29, 1.82) is 0 Å². The van der Waals surface area contributed by atoms with Crippen molar-refractivity contribution >= 4 is 21.8 Å². The molecular weight excluding hydrogens is 530 g/mol. The van der Waals surface area contributed by atoms with Crippen LogP contribution in [-0.4, -0.2) is 93.4 Å². The molecule has 0 saturated carbocycles. The Balaban J connectivity index is 1.43. The van der Waals surface area contributed by atoms with Crippen LogP contribution in [0.15, 0.2) is 59.8 Å². The molecule has 2 amide bonds. The first-order valence-corrected chi connectivity index (χ1v) is 15.2. The molecule has 3 aromatic rings. The van der Waals surface area contributed by atoms with E-state index in [4.69, 9.17) is 0 Å². The number of aromatic nitrogens is 4. The molecule has 0 aliphatic carbocycles. The van der Waals surface area contributed by atoms with Crippen molar-refractivity contribution in [2.24, 2.45) is 5.92 Å². The minimum atomic E-state index is -3.73. The summed E-state index contributed by atoms with van der Waals surface area (Å²) in [6.45, 7) is 4.70. The highest BCUT2D eigenvalue weighted by atomic mass is 32.2. The van der Waals surface area contributed by atoms with E-state index in [1.807, 2.05) is 21.6 Å². The van der Waals surface area contributed by atoms with Gasteiger partial charge in [-0.05, 0) is 43.5 Å². The minimum Gasteiger partial charge on any atom is -0.339 e. The van der Waals surface area contributed by atoms with Crippen molar-refractivity contribution in [1.82, 2.24) is 33.9 Å². The third-order valence-corrected chi connectivity index (χ3v) is 9.67. The molecule has 5 rings (SSSR count). The molecule has 0 spiro atoms. The largest absolute Gasteiger partial charge is 0.339 e. The summed E-state index contributed by atoms with van der Waals surface area (Å²) >= 11 is 0. The van der Waals surface area contributed by atoms with Crippen LogP contribution in [0.2, 0.25) is 0 Å². The number of hydrogen-bond donors (Lipinski definition) is 0. The second-order valence-corrected chi connectivity index (χ2v) is 12.2. The Hall–Kier alpha value is -3.64. The molecule has 40 heavy (non-hydrogen) atoms. The number of carbonyl (C=O) groups excluding carboxylic acids is 2. The van der Waals surface area contributed by atoms with Gasteiger partial charge in [0, 0.05) is 83.0 Å². The molecule has 0 bridgehead atoms. The van der Waals surface area contributed by atoms with Crippen LogP contribution in [0.25, 0.3) is 11.4 Å². The molecule has 1 unspecified atom stereocenters. The summed E-state index contributed by atoms with van der Waals surface area (Å²) in [4.78, 5) is 33.6. The van der Waals surface area contributed by atoms with Gasteiger partial charge in [-0.15, -0.1) is 10.2 Å². The number of hydrogen-bond acceptors (Lipinski definition) is 7. The molecule has 0 radical (unpaired) electrons. The van der Waals surface area contributed by atoms with Gasteiger partial charge in [-0.25, -0.2) is 8.42 Å². The zero-order valence-corrected chi connectivity index (χ0v) is 23.5. The zero-order valence-electron chi connectivity index (χ0n) is 22.7. The lowest BCUT2D eigenvalue weighted by Crippen LogP contribution is -2.51. The monoisotopic (exact) mass is 565 g/mol. The number of amides is 2. The predicted molar refractivity (Wildman–Crippen MR) is 148 cm³/mol. The molecule has 0 N–H and O–H groups in total. The molecule has 1 fully saturated rings. The molecule has 1 aromatic carbocycles.